The maximum Gasteiger partial charge on any atom is 0.320 e. The number of aryl methyl sites for hydroxylation is 2. The van der Waals surface area contributed by atoms with E-state index in [9.17, 15) is 14.3 Å². The molecule has 3 nitrogen and oxygen atoms in total. The van der Waals surface area contributed by atoms with Crippen LogP contribution in [0.1, 0.15) is 41.1 Å². The molecule has 0 radical (unpaired) electrons. The van der Waals surface area contributed by atoms with Crippen LogP contribution in [0.4, 0.5) is 4.39 Å². The van der Waals surface area contributed by atoms with E-state index in [1.54, 1.807) is 12.1 Å². The molecule has 0 aromatic heterocycles. The van der Waals surface area contributed by atoms with E-state index in [-0.39, 0.29) is 11.9 Å². The van der Waals surface area contributed by atoms with Gasteiger partial charge in [0.1, 0.15) is 11.9 Å². The maximum atomic E-state index is 13.4. The van der Waals surface area contributed by atoms with Crippen molar-refractivity contribution in [3.8, 4) is 0 Å². The Kier molecular flexibility index (Phi) is 4.67. The van der Waals surface area contributed by atoms with Crippen LogP contribution in [0.15, 0.2) is 42.5 Å². The second-order valence-corrected chi connectivity index (χ2v) is 6.61. The number of halogens is 1. The molecule has 4 heteroatoms. The summed E-state index contributed by atoms with van der Waals surface area (Å²) in [5.41, 5.74) is 4.27. The van der Waals surface area contributed by atoms with Crippen LogP contribution < -0.4 is 0 Å². The van der Waals surface area contributed by atoms with Crippen molar-refractivity contribution in [2.24, 2.45) is 0 Å². The SMILES string of the molecule is Cc1cc(C)cc(C(c2ccc(F)cc2)N2CCCC2C(=O)O)c1. The molecule has 0 aliphatic carbocycles. The number of nitrogens with zero attached hydrogens (tertiary/aromatic N) is 1. The van der Waals surface area contributed by atoms with Gasteiger partial charge in [0.25, 0.3) is 0 Å². The van der Waals surface area contributed by atoms with Crippen LogP contribution in [-0.2, 0) is 4.79 Å². The molecule has 1 aliphatic rings. The lowest BCUT2D eigenvalue weighted by Gasteiger charge is -2.32. The molecule has 0 saturated carbocycles. The highest BCUT2D eigenvalue weighted by atomic mass is 19.1. The normalized spacial score (nSPS) is 19.4. The smallest absolute Gasteiger partial charge is 0.320 e. The van der Waals surface area contributed by atoms with Crippen LogP contribution in [0.3, 0.4) is 0 Å². The molecule has 2 aromatic rings. The van der Waals surface area contributed by atoms with Crippen LogP contribution >= 0.6 is 0 Å². The lowest BCUT2D eigenvalue weighted by Crippen LogP contribution is -2.39. The van der Waals surface area contributed by atoms with Crippen LogP contribution in [0.5, 0.6) is 0 Å². The number of rotatable bonds is 4. The van der Waals surface area contributed by atoms with Crippen molar-refractivity contribution in [1.29, 1.82) is 0 Å². The van der Waals surface area contributed by atoms with E-state index in [1.165, 1.54) is 12.1 Å². The molecule has 0 bridgehead atoms. The van der Waals surface area contributed by atoms with Gasteiger partial charge in [0.15, 0.2) is 0 Å². The van der Waals surface area contributed by atoms with Crippen molar-refractivity contribution >= 4 is 5.97 Å². The number of aliphatic carboxylic acids is 1. The highest BCUT2D eigenvalue weighted by molar-refractivity contribution is 5.74. The summed E-state index contributed by atoms with van der Waals surface area (Å²) in [6, 6.07) is 12.0. The summed E-state index contributed by atoms with van der Waals surface area (Å²) in [5.74, 6) is -1.07. The summed E-state index contributed by atoms with van der Waals surface area (Å²) in [6.07, 6.45) is 1.51. The van der Waals surface area contributed by atoms with Crippen molar-refractivity contribution in [2.45, 2.75) is 38.8 Å². The quantitative estimate of drug-likeness (QED) is 0.920. The predicted molar refractivity (Wildman–Crippen MR) is 91.5 cm³/mol. The Morgan fingerprint density at radius 2 is 1.75 bits per heavy atom. The third kappa shape index (κ3) is 3.34. The predicted octanol–water partition coefficient (Wildman–Crippen LogP) is 4.08. The zero-order valence-corrected chi connectivity index (χ0v) is 14.0. The summed E-state index contributed by atoms with van der Waals surface area (Å²) < 4.78 is 13.4. The van der Waals surface area contributed by atoms with Gasteiger partial charge in [0.05, 0.1) is 6.04 Å². The minimum Gasteiger partial charge on any atom is -0.480 e. The Hall–Kier alpha value is -2.20. The fourth-order valence-electron chi connectivity index (χ4n) is 3.75. The third-order valence-corrected chi connectivity index (χ3v) is 4.66. The second kappa shape index (κ2) is 6.73. The lowest BCUT2D eigenvalue weighted by molar-refractivity contribution is -0.142. The van der Waals surface area contributed by atoms with E-state index in [4.69, 9.17) is 0 Å². The van der Waals surface area contributed by atoms with Crippen LogP contribution in [-0.4, -0.2) is 28.6 Å². The molecule has 1 aliphatic heterocycles. The van der Waals surface area contributed by atoms with Gasteiger partial charge >= 0.3 is 5.97 Å². The van der Waals surface area contributed by atoms with Crippen molar-refractivity contribution in [3.63, 3.8) is 0 Å². The molecule has 2 aromatic carbocycles. The molecule has 24 heavy (non-hydrogen) atoms. The maximum absolute atomic E-state index is 13.4. The monoisotopic (exact) mass is 327 g/mol. The van der Waals surface area contributed by atoms with Crippen molar-refractivity contribution in [3.05, 3.63) is 70.5 Å². The largest absolute Gasteiger partial charge is 0.480 e. The number of likely N-dealkylation sites (tertiary alicyclic amines) is 1. The van der Waals surface area contributed by atoms with Gasteiger partial charge in [-0.1, -0.05) is 41.5 Å². The number of carboxylic acids is 1. The first kappa shape index (κ1) is 16.7. The number of hydrogen-bond donors (Lipinski definition) is 1. The van der Waals surface area contributed by atoms with Gasteiger partial charge in [0, 0.05) is 6.54 Å². The third-order valence-electron chi connectivity index (χ3n) is 4.66. The fraction of sp³-hybridized carbons (Fsp3) is 0.350. The molecule has 1 N–H and O–H groups in total. The van der Waals surface area contributed by atoms with Crippen LogP contribution in [0, 0.1) is 19.7 Å². The highest BCUT2D eigenvalue weighted by Gasteiger charge is 2.36. The minimum atomic E-state index is -0.788. The van der Waals surface area contributed by atoms with E-state index >= 15 is 0 Å². The Labute approximate surface area is 141 Å². The Morgan fingerprint density at radius 1 is 1.12 bits per heavy atom. The zero-order chi connectivity index (χ0) is 17.3. The average molecular weight is 327 g/mol. The Bertz CT molecular complexity index is 722. The first-order valence-corrected chi connectivity index (χ1v) is 8.28. The molecule has 0 spiro atoms. The minimum absolute atomic E-state index is 0.173. The van der Waals surface area contributed by atoms with Gasteiger partial charge in [-0.15, -0.1) is 0 Å². The number of carboxylic acid groups (broad SMARTS) is 1. The van der Waals surface area contributed by atoms with E-state index < -0.39 is 12.0 Å². The van der Waals surface area contributed by atoms with E-state index in [2.05, 4.69) is 18.2 Å². The van der Waals surface area contributed by atoms with Crippen molar-refractivity contribution in [1.82, 2.24) is 4.90 Å². The molecular formula is C20H22FNO2. The summed E-state index contributed by atoms with van der Waals surface area (Å²) >= 11 is 0. The number of carbonyl (C=O) groups is 1. The highest BCUT2D eigenvalue weighted by Crippen LogP contribution is 2.35. The van der Waals surface area contributed by atoms with Crippen LogP contribution in [0.25, 0.3) is 0 Å². The fourth-order valence-corrected chi connectivity index (χ4v) is 3.75. The molecular weight excluding hydrogens is 305 g/mol. The average Bonchev–Trinajstić information content (AvgIpc) is 2.98. The molecule has 3 rings (SSSR count). The molecule has 1 heterocycles. The summed E-state index contributed by atoms with van der Waals surface area (Å²) in [7, 11) is 0. The molecule has 2 unspecified atom stereocenters. The summed E-state index contributed by atoms with van der Waals surface area (Å²) in [5, 5.41) is 9.58. The van der Waals surface area contributed by atoms with E-state index in [0.717, 1.165) is 35.2 Å². The van der Waals surface area contributed by atoms with Gasteiger partial charge in [-0.25, -0.2) is 4.39 Å². The molecule has 0 amide bonds. The number of hydrogen-bond acceptors (Lipinski definition) is 2. The van der Waals surface area contributed by atoms with Gasteiger partial charge in [-0.2, -0.15) is 0 Å². The first-order chi connectivity index (χ1) is 11.5. The van der Waals surface area contributed by atoms with E-state index in [0.29, 0.717) is 6.42 Å². The van der Waals surface area contributed by atoms with Gasteiger partial charge in [0.2, 0.25) is 0 Å². The Balaban J connectivity index is 2.10. The molecule has 1 saturated heterocycles. The van der Waals surface area contributed by atoms with Gasteiger partial charge < -0.3 is 5.11 Å². The second-order valence-electron chi connectivity index (χ2n) is 6.61. The molecule has 1 fully saturated rings. The van der Waals surface area contributed by atoms with E-state index in [1.807, 2.05) is 18.7 Å². The zero-order valence-electron chi connectivity index (χ0n) is 14.0. The Morgan fingerprint density at radius 3 is 2.33 bits per heavy atom. The number of benzene rings is 2. The van der Waals surface area contributed by atoms with Gasteiger partial charge in [-0.3, -0.25) is 9.69 Å². The van der Waals surface area contributed by atoms with Crippen molar-refractivity contribution < 1.29 is 14.3 Å². The van der Waals surface area contributed by atoms with Gasteiger partial charge in [-0.05, 0) is 49.9 Å². The standard InChI is InChI=1S/C20H22FNO2/c1-13-10-14(2)12-16(11-13)19(15-5-7-17(21)8-6-15)22-9-3-4-18(22)20(23)24/h5-8,10-12,18-19H,3-4,9H2,1-2H3,(H,23,24). The topological polar surface area (TPSA) is 40.5 Å². The van der Waals surface area contributed by atoms with Crippen LogP contribution in [0.2, 0.25) is 0 Å². The summed E-state index contributed by atoms with van der Waals surface area (Å²) in [4.78, 5) is 13.7. The lowest BCUT2D eigenvalue weighted by atomic mass is 9.93. The first-order valence-electron chi connectivity index (χ1n) is 8.28. The van der Waals surface area contributed by atoms with Crippen molar-refractivity contribution in [2.75, 3.05) is 6.54 Å². The summed E-state index contributed by atoms with van der Waals surface area (Å²) in [6.45, 7) is 4.81. The molecule has 2 atom stereocenters. The molecule has 126 valence electrons.